The van der Waals surface area contributed by atoms with Crippen molar-refractivity contribution in [2.75, 3.05) is 13.2 Å². The molecule has 102 valence electrons. The molecule has 2 rings (SSSR count). The van der Waals surface area contributed by atoms with Crippen LogP contribution in [0.15, 0.2) is 15.9 Å². The van der Waals surface area contributed by atoms with Gasteiger partial charge in [0.15, 0.2) is 0 Å². The zero-order chi connectivity index (χ0) is 12.8. The number of thiophene rings is 1. The molecule has 2 unspecified atom stereocenters. The Kier molecular flexibility index (Phi) is 6.15. The summed E-state index contributed by atoms with van der Waals surface area (Å²) in [4.78, 5) is 1.43. The Morgan fingerprint density at radius 1 is 1.50 bits per heavy atom. The van der Waals surface area contributed by atoms with Crippen LogP contribution in [0.5, 0.6) is 0 Å². The topological polar surface area (TPSA) is 21.3 Å². The van der Waals surface area contributed by atoms with Gasteiger partial charge in [0, 0.05) is 17.5 Å². The molecule has 2 atom stereocenters. The largest absolute Gasteiger partial charge is 0.377 e. The molecule has 0 radical (unpaired) electrons. The fourth-order valence-corrected chi connectivity index (χ4v) is 3.97. The van der Waals surface area contributed by atoms with Crippen LogP contribution in [0.3, 0.4) is 0 Å². The molecule has 2 heterocycles. The lowest BCUT2D eigenvalue weighted by molar-refractivity contribution is -0.00722. The van der Waals surface area contributed by atoms with E-state index in [4.69, 9.17) is 4.74 Å². The molecule has 2 nitrogen and oxygen atoms in total. The molecule has 0 bridgehead atoms. The number of hydrogen-bond acceptors (Lipinski definition) is 3. The SMILES string of the molecule is CCCNC(Cc1ccc(Br)s1)C1CCCCO1. The van der Waals surface area contributed by atoms with E-state index in [9.17, 15) is 0 Å². The molecule has 0 saturated carbocycles. The van der Waals surface area contributed by atoms with E-state index in [1.165, 1.54) is 34.3 Å². The zero-order valence-corrected chi connectivity index (χ0v) is 13.4. The third kappa shape index (κ3) is 4.34. The van der Waals surface area contributed by atoms with Crippen molar-refractivity contribution in [3.8, 4) is 0 Å². The first kappa shape index (κ1) is 14.5. The molecule has 1 aromatic rings. The first-order valence-corrected chi connectivity index (χ1v) is 8.49. The van der Waals surface area contributed by atoms with Gasteiger partial charge in [-0.05, 0) is 66.7 Å². The van der Waals surface area contributed by atoms with Crippen molar-refractivity contribution in [1.29, 1.82) is 0 Å². The maximum absolute atomic E-state index is 5.95. The number of halogens is 1. The van der Waals surface area contributed by atoms with Gasteiger partial charge in [0.05, 0.1) is 9.89 Å². The van der Waals surface area contributed by atoms with E-state index in [0.29, 0.717) is 12.1 Å². The van der Waals surface area contributed by atoms with Gasteiger partial charge in [-0.25, -0.2) is 0 Å². The molecular weight excluding hydrogens is 310 g/mol. The standard InChI is InChI=1S/C14H22BrNOS/c1-2-8-16-12(13-5-3-4-9-17-13)10-11-6-7-14(15)18-11/h6-7,12-13,16H,2-5,8-10H2,1H3. The van der Waals surface area contributed by atoms with Crippen LogP contribution in [0.4, 0.5) is 0 Å². The number of ether oxygens (including phenoxy) is 1. The smallest absolute Gasteiger partial charge is 0.0731 e. The third-order valence-electron chi connectivity index (χ3n) is 3.37. The summed E-state index contributed by atoms with van der Waals surface area (Å²) >= 11 is 5.37. The van der Waals surface area contributed by atoms with Crippen LogP contribution >= 0.6 is 27.3 Å². The van der Waals surface area contributed by atoms with E-state index in [2.05, 4.69) is 40.3 Å². The van der Waals surface area contributed by atoms with Gasteiger partial charge in [0.2, 0.25) is 0 Å². The van der Waals surface area contributed by atoms with E-state index in [1.807, 2.05) is 11.3 Å². The molecule has 0 aromatic carbocycles. The lowest BCUT2D eigenvalue weighted by Gasteiger charge is -2.31. The van der Waals surface area contributed by atoms with Crippen LogP contribution in [-0.2, 0) is 11.2 Å². The molecule has 4 heteroatoms. The Morgan fingerprint density at radius 3 is 3.00 bits per heavy atom. The van der Waals surface area contributed by atoms with Crippen LogP contribution in [0.25, 0.3) is 0 Å². The number of rotatable bonds is 6. The summed E-state index contributed by atoms with van der Waals surface area (Å²) in [6, 6.07) is 4.83. The van der Waals surface area contributed by atoms with Gasteiger partial charge in [-0.15, -0.1) is 11.3 Å². The maximum atomic E-state index is 5.95. The average Bonchev–Trinajstić information content (AvgIpc) is 2.81. The molecule has 1 N–H and O–H groups in total. The van der Waals surface area contributed by atoms with Crippen LogP contribution < -0.4 is 5.32 Å². The Morgan fingerprint density at radius 2 is 2.39 bits per heavy atom. The highest BCUT2D eigenvalue weighted by Crippen LogP contribution is 2.25. The minimum Gasteiger partial charge on any atom is -0.377 e. The van der Waals surface area contributed by atoms with Gasteiger partial charge in [-0.2, -0.15) is 0 Å². The lowest BCUT2D eigenvalue weighted by Crippen LogP contribution is -2.44. The molecular formula is C14H22BrNOS. The molecule has 18 heavy (non-hydrogen) atoms. The van der Waals surface area contributed by atoms with Crippen molar-refractivity contribution < 1.29 is 4.74 Å². The monoisotopic (exact) mass is 331 g/mol. The molecule has 1 aromatic heterocycles. The molecule has 1 saturated heterocycles. The molecule has 1 fully saturated rings. The molecule has 1 aliphatic heterocycles. The van der Waals surface area contributed by atoms with E-state index in [1.54, 1.807) is 0 Å². The molecule has 0 spiro atoms. The predicted molar refractivity (Wildman–Crippen MR) is 81.4 cm³/mol. The fraction of sp³-hybridized carbons (Fsp3) is 0.714. The van der Waals surface area contributed by atoms with Gasteiger partial charge >= 0.3 is 0 Å². The van der Waals surface area contributed by atoms with Crippen LogP contribution in [-0.4, -0.2) is 25.3 Å². The Hall–Kier alpha value is 0.1000. The summed E-state index contributed by atoms with van der Waals surface area (Å²) in [6.07, 6.45) is 6.39. The highest BCUT2D eigenvalue weighted by Gasteiger charge is 2.24. The first-order valence-electron chi connectivity index (χ1n) is 6.89. The molecule has 0 aliphatic carbocycles. The second kappa shape index (κ2) is 7.63. The van der Waals surface area contributed by atoms with Crippen molar-refractivity contribution in [2.24, 2.45) is 0 Å². The van der Waals surface area contributed by atoms with Crippen molar-refractivity contribution >= 4 is 27.3 Å². The third-order valence-corrected chi connectivity index (χ3v) is 5.02. The summed E-state index contributed by atoms with van der Waals surface area (Å²) in [5.41, 5.74) is 0. The van der Waals surface area contributed by atoms with Crippen LogP contribution in [0.1, 0.15) is 37.5 Å². The summed E-state index contributed by atoms with van der Waals surface area (Å²) in [6.45, 7) is 4.23. The minimum absolute atomic E-state index is 0.395. The number of hydrogen-bond donors (Lipinski definition) is 1. The summed E-state index contributed by atoms with van der Waals surface area (Å²) in [7, 11) is 0. The quantitative estimate of drug-likeness (QED) is 0.850. The zero-order valence-electron chi connectivity index (χ0n) is 11.0. The van der Waals surface area contributed by atoms with Crippen molar-refractivity contribution in [2.45, 2.75) is 51.2 Å². The van der Waals surface area contributed by atoms with Gasteiger partial charge < -0.3 is 10.1 Å². The predicted octanol–water partition coefficient (Wildman–Crippen LogP) is 3.99. The minimum atomic E-state index is 0.395. The second-order valence-electron chi connectivity index (χ2n) is 4.88. The van der Waals surface area contributed by atoms with E-state index >= 15 is 0 Å². The maximum Gasteiger partial charge on any atom is 0.0731 e. The van der Waals surface area contributed by atoms with Crippen molar-refractivity contribution in [1.82, 2.24) is 5.32 Å². The average molecular weight is 332 g/mol. The number of nitrogens with one attached hydrogen (secondary N) is 1. The second-order valence-corrected chi connectivity index (χ2v) is 7.42. The van der Waals surface area contributed by atoms with Crippen molar-refractivity contribution in [3.05, 3.63) is 20.8 Å². The van der Waals surface area contributed by atoms with Crippen molar-refractivity contribution in [3.63, 3.8) is 0 Å². The lowest BCUT2D eigenvalue weighted by atomic mass is 9.99. The van der Waals surface area contributed by atoms with Gasteiger partial charge in [-0.1, -0.05) is 6.92 Å². The summed E-state index contributed by atoms with van der Waals surface area (Å²) < 4.78 is 7.17. The summed E-state index contributed by atoms with van der Waals surface area (Å²) in [5.74, 6) is 0. The van der Waals surface area contributed by atoms with E-state index < -0.39 is 0 Å². The highest BCUT2D eigenvalue weighted by atomic mass is 79.9. The van der Waals surface area contributed by atoms with Crippen LogP contribution in [0, 0.1) is 0 Å². The Bertz CT molecular complexity index is 349. The highest BCUT2D eigenvalue weighted by molar-refractivity contribution is 9.11. The van der Waals surface area contributed by atoms with Crippen LogP contribution in [0.2, 0.25) is 0 Å². The van der Waals surface area contributed by atoms with Gasteiger partial charge in [0.25, 0.3) is 0 Å². The van der Waals surface area contributed by atoms with Gasteiger partial charge in [-0.3, -0.25) is 0 Å². The Balaban J connectivity index is 1.94. The Labute approximate surface area is 122 Å². The normalized spacial score (nSPS) is 22.0. The fourth-order valence-electron chi connectivity index (χ4n) is 2.43. The summed E-state index contributed by atoms with van der Waals surface area (Å²) in [5, 5.41) is 3.66. The molecule has 0 amide bonds. The van der Waals surface area contributed by atoms with E-state index in [0.717, 1.165) is 19.6 Å². The van der Waals surface area contributed by atoms with Gasteiger partial charge in [0.1, 0.15) is 0 Å². The van der Waals surface area contributed by atoms with E-state index in [-0.39, 0.29) is 0 Å². The molecule has 1 aliphatic rings. The first-order chi connectivity index (χ1) is 8.79.